The molecule has 0 saturated carbocycles. The number of phenolic OH excluding ortho intramolecular Hbond substituents is 2. The summed E-state index contributed by atoms with van der Waals surface area (Å²) in [6, 6.07) is 9.64. The molecule has 0 aliphatic heterocycles. The van der Waals surface area contributed by atoms with E-state index in [9.17, 15) is 19.8 Å². The molecular formula is C15H12O4. The Morgan fingerprint density at radius 3 is 1.58 bits per heavy atom. The average Bonchev–Trinajstić information content (AvgIpc) is 2.43. The number of carbonyl (C=O) groups is 2. The Morgan fingerprint density at radius 1 is 0.789 bits per heavy atom. The lowest BCUT2D eigenvalue weighted by atomic mass is 9.99. The van der Waals surface area contributed by atoms with E-state index < -0.39 is 0 Å². The van der Waals surface area contributed by atoms with Crippen LogP contribution in [0, 0.1) is 0 Å². The van der Waals surface area contributed by atoms with Crippen molar-refractivity contribution in [3.05, 3.63) is 58.7 Å². The third-order valence-electron chi connectivity index (χ3n) is 2.94. The van der Waals surface area contributed by atoms with Crippen molar-refractivity contribution in [2.75, 3.05) is 0 Å². The predicted octanol–water partition coefficient (Wildman–Crippen LogP) is 2.31. The lowest BCUT2D eigenvalue weighted by molar-refractivity contribution is 0.111. The van der Waals surface area contributed by atoms with Gasteiger partial charge < -0.3 is 10.2 Å². The second-order valence-corrected chi connectivity index (χ2v) is 4.12. The molecule has 0 amide bonds. The molecule has 0 heterocycles. The number of rotatable bonds is 4. The molecule has 0 radical (unpaired) electrons. The number of phenols is 2. The number of hydrogen-bond donors (Lipinski definition) is 2. The molecule has 96 valence electrons. The van der Waals surface area contributed by atoms with Crippen LogP contribution in [0.15, 0.2) is 36.4 Å². The van der Waals surface area contributed by atoms with Gasteiger partial charge in [0.1, 0.15) is 11.5 Å². The molecule has 2 aromatic carbocycles. The highest BCUT2D eigenvalue weighted by Crippen LogP contribution is 2.28. The highest BCUT2D eigenvalue weighted by atomic mass is 16.3. The van der Waals surface area contributed by atoms with Gasteiger partial charge in [-0.2, -0.15) is 0 Å². The van der Waals surface area contributed by atoms with E-state index in [2.05, 4.69) is 0 Å². The molecule has 0 spiro atoms. The monoisotopic (exact) mass is 256 g/mol. The van der Waals surface area contributed by atoms with E-state index in [4.69, 9.17) is 0 Å². The Kier molecular flexibility index (Phi) is 3.61. The third-order valence-corrected chi connectivity index (χ3v) is 2.94. The Bertz CT molecular complexity index is 577. The van der Waals surface area contributed by atoms with Crippen LogP contribution >= 0.6 is 0 Å². The average molecular weight is 256 g/mol. The van der Waals surface area contributed by atoms with Crippen LogP contribution in [0.1, 0.15) is 31.8 Å². The van der Waals surface area contributed by atoms with Gasteiger partial charge in [0.15, 0.2) is 12.6 Å². The van der Waals surface area contributed by atoms with E-state index in [1.54, 1.807) is 24.3 Å². The van der Waals surface area contributed by atoms with Crippen LogP contribution in [0.3, 0.4) is 0 Å². The molecule has 0 fully saturated rings. The second-order valence-electron chi connectivity index (χ2n) is 4.12. The number of para-hydroxylation sites is 2. The minimum absolute atomic E-state index is 0.103. The molecule has 2 aromatic rings. The maximum atomic E-state index is 10.7. The third kappa shape index (κ3) is 2.47. The maximum absolute atomic E-state index is 10.7. The van der Waals surface area contributed by atoms with E-state index in [0.717, 1.165) is 0 Å². The van der Waals surface area contributed by atoms with Crippen molar-refractivity contribution in [3.63, 3.8) is 0 Å². The first-order valence-electron chi connectivity index (χ1n) is 5.69. The fourth-order valence-electron chi connectivity index (χ4n) is 1.90. The molecule has 0 aliphatic carbocycles. The molecule has 4 nitrogen and oxygen atoms in total. The molecule has 2 rings (SSSR count). The first kappa shape index (κ1) is 12.8. The van der Waals surface area contributed by atoms with Crippen molar-refractivity contribution >= 4 is 12.6 Å². The van der Waals surface area contributed by atoms with Gasteiger partial charge >= 0.3 is 0 Å². The van der Waals surface area contributed by atoms with E-state index in [1.807, 2.05) is 0 Å². The molecule has 0 unspecified atom stereocenters. The summed E-state index contributed by atoms with van der Waals surface area (Å²) in [5.74, 6) is -0.207. The highest BCUT2D eigenvalue weighted by molar-refractivity contribution is 5.81. The van der Waals surface area contributed by atoms with Gasteiger partial charge in [-0.15, -0.1) is 0 Å². The van der Waals surface area contributed by atoms with Crippen LogP contribution in [0.4, 0.5) is 0 Å². The highest BCUT2D eigenvalue weighted by Gasteiger charge is 2.11. The second kappa shape index (κ2) is 5.35. The van der Waals surface area contributed by atoms with E-state index >= 15 is 0 Å². The van der Waals surface area contributed by atoms with Crippen molar-refractivity contribution in [2.24, 2.45) is 0 Å². The van der Waals surface area contributed by atoms with Crippen LogP contribution in [-0.4, -0.2) is 22.8 Å². The molecule has 0 atom stereocenters. The summed E-state index contributed by atoms with van der Waals surface area (Å²) in [5, 5.41) is 19.8. The van der Waals surface area contributed by atoms with Crippen molar-refractivity contribution < 1.29 is 19.8 Å². The van der Waals surface area contributed by atoms with Crippen LogP contribution in [-0.2, 0) is 6.42 Å². The van der Waals surface area contributed by atoms with Gasteiger partial charge in [-0.25, -0.2) is 0 Å². The van der Waals surface area contributed by atoms with Gasteiger partial charge in [0.25, 0.3) is 0 Å². The number of aldehydes is 2. The van der Waals surface area contributed by atoms with Crippen LogP contribution in [0.5, 0.6) is 11.5 Å². The topological polar surface area (TPSA) is 74.6 Å². The lowest BCUT2D eigenvalue weighted by Gasteiger charge is -2.09. The maximum Gasteiger partial charge on any atom is 0.153 e. The summed E-state index contributed by atoms with van der Waals surface area (Å²) in [6.45, 7) is 0. The van der Waals surface area contributed by atoms with E-state index in [0.29, 0.717) is 23.7 Å². The summed E-state index contributed by atoms with van der Waals surface area (Å²) in [5.41, 5.74) is 1.43. The lowest BCUT2D eigenvalue weighted by Crippen LogP contribution is -1.94. The molecule has 19 heavy (non-hydrogen) atoms. The van der Waals surface area contributed by atoms with Gasteiger partial charge in [0.05, 0.1) is 11.1 Å². The Morgan fingerprint density at radius 2 is 1.21 bits per heavy atom. The van der Waals surface area contributed by atoms with Crippen molar-refractivity contribution in [1.82, 2.24) is 0 Å². The van der Waals surface area contributed by atoms with E-state index in [-0.39, 0.29) is 29.0 Å². The van der Waals surface area contributed by atoms with Crippen molar-refractivity contribution in [2.45, 2.75) is 6.42 Å². The minimum Gasteiger partial charge on any atom is -0.507 e. The molecule has 2 N–H and O–H groups in total. The predicted molar refractivity (Wildman–Crippen MR) is 69.8 cm³/mol. The zero-order valence-corrected chi connectivity index (χ0v) is 10.0. The number of carbonyl (C=O) groups excluding carboxylic acids is 2. The van der Waals surface area contributed by atoms with Crippen LogP contribution in [0.25, 0.3) is 0 Å². The van der Waals surface area contributed by atoms with Gasteiger partial charge in [0.2, 0.25) is 0 Å². The first-order valence-corrected chi connectivity index (χ1v) is 5.69. The van der Waals surface area contributed by atoms with Crippen molar-refractivity contribution in [3.8, 4) is 11.5 Å². The summed E-state index contributed by atoms with van der Waals surface area (Å²) >= 11 is 0. The van der Waals surface area contributed by atoms with E-state index in [1.165, 1.54) is 12.1 Å². The summed E-state index contributed by atoms with van der Waals surface area (Å²) in [4.78, 5) is 21.5. The summed E-state index contributed by atoms with van der Waals surface area (Å²) in [7, 11) is 0. The first-order chi connectivity index (χ1) is 9.17. The zero-order chi connectivity index (χ0) is 13.8. The zero-order valence-electron chi connectivity index (χ0n) is 10.0. The number of benzene rings is 2. The largest absolute Gasteiger partial charge is 0.507 e. The molecule has 0 saturated heterocycles. The van der Waals surface area contributed by atoms with Crippen LogP contribution in [0.2, 0.25) is 0 Å². The van der Waals surface area contributed by atoms with Crippen LogP contribution < -0.4 is 0 Å². The summed E-state index contributed by atoms with van der Waals surface area (Å²) in [6.07, 6.45) is 1.38. The standard InChI is InChI=1S/C15H12O4/c16-8-12-5-1-3-10(14(12)18)7-11-4-2-6-13(9-17)15(11)19/h1-6,8-9,18-19H,7H2. The van der Waals surface area contributed by atoms with Crippen molar-refractivity contribution in [1.29, 1.82) is 0 Å². The fraction of sp³-hybridized carbons (Fsp3) is 0.0667. The normalized spacial score (nSPS) is 10.1. The Balaban J connectivity index is 2.42. The smallest absolute Gasteiger partial charge is 0.153 e. The minimum atomic E-state index is -0.103. The molecule has 0 bridgehead atoms. The molecule has 0 aliphatic rings. The Hall–Kier alpha value is -2.62. The molecular weight excluding hydrogens is 244 g/mol. The Labute approximate surface area is 109 Å². The number of hydrogen-bond acceptors (Lipinski definition) is 4. The summed E-state index contributed by atoms with van der Waals surface area (Å²) < 4.78 is 0. The fourth-order valence-corrected chi connectivity index (χ4v) is 1.90. The SMILES string of the molecule is O=Cc1cccc(Cc2cccc(C=O)c2O)c1O. The number of aromatic hydroxyl groups is 2. The molecule has 4 heteroatoms. The van der Waals surface area contributed by atoms with Gasteiger partial charge in [-0.1, -0.05) is 24.3 Å². The molecule has 0 aromatic heterocycles. The van der Waals surface area contributed by atoms with Gasteiger partial charge in [0, 0.05) is 6.42 Å². The van der Waals surface area contributed by atoms with Gasteiger partial charge in [-0.05, 0) is 23.3 Å². The quantitative estimate of drug-likeness (QED) is 0.823. The van der Waals surface area contributed by atoms with Gasteiger partial charge in [-0.3, -0.25) is 9.59 Å².